The molecular weight excluding hydrogens is 274 g/mol. The Morgan fingerprint density at radius 2 is 1.85 bits per heavy atom. The molecule has 0 aliphatic heterocycles. The average Bonchev–Trinajstić information content (AvgIpc) is 2.39. The maximum atomic E-state index is 11.9. The topological polar surface area (TPSA) is 62.7 Å². The Morgan fingerprint density at radius 3 is 2.40 bits per heavy atom. The van der Waals surface area contributed by atoms with Crippen molar-refractivity contribution in [1.82, 2.24) is 10.6 Å². The van der Waals surface area contributed by atoms with E-state index in [1.807, 2.05) is 27.7 Å². The third kappa shape index (κ3) is 10.2. The van der Waals surface area contributed by atoms with Crippen molar-refractivity contribution in [3.8, 4) is 0 Å². The van der Waals surface area contributed by atoms with Gasteiger partial charge in [-0.1, -0.05) is 0 Å². The molecule has 5 nitrogen and oxygen atoms in total. The zero-order chi connectivity index (χ0) is 15.4. The van der Waals surface area contributed by atoms with Crippen LogP contribution >= 0.6 is 0 Å². The molecule has 0 aromatic carbocycles. The lowest BCUT2D eigenvalue weighted by Gasteiger charge is -2.18. The van der Waals surface area contributed by atoms with E-state index in [9.17, 15) is 4.21 Å². The van der Waals surface area contributed by atoms with Gasteiger partial charge in [0.05, 0.1) is 0 Å². The minimum atomic E-state index is -0.829. The minimum Gasteiger partial charge on any atom is -0.382 e. The van der Waals surface area contributed by atoms with Crippen molar-refractivity contribution < 1.29 is 8.95 Å². The first kappa shape index (κ1) is 19.4. The second kappa shape index (κ2) is 11.1. The van der Waals surface area contributed by atoms with E-state index in [0.29, 0.717) is 12.3 Å². The fourth-order valence-corrected chi connectivity index (χ4v) is 2.37. The van der Waals surface area contributed by atoms with Gasteiger partial charge in [-0.25, -0.2) is 0 Å². The molecule has 0 aliphatic rings. The molecule has 1 atom stereocenters. The number of nitrogens with zero attached hydrogens (tertiary/aromatic N) is 1. The highest BCUT2D eigenvalue weighted by atomic mass is 32.2. The molecule has 2 N–H and O–H groups in total. The molecule has 0 bridgehead atoms. The van der Waals surface area contributed by atoms with Gasteiger partial charge in [-0.05, 0) is 40.5 Å². The molecule has 1 unspecified atom stereocenters. The Kier molecular flexibility index (Phi) is 10.7. The van der Waals surface area contributed by atoms with Gasteiger partial charge in [0.2, 0.25) is 0 Å². The average molecular weight is 305 g/mol. The van der Waals surface area contributed by atoms with E-state index in [1.165, 1.54) is 0 Å². The molecule has 6 heteroatoms. The fourth-order valence-electron chi connectivity index (χ4n) is 1.47. The summed E-state index contributed by atoms with van der Waals surface area (Å²) in [5.41, 5.74) is 0. The third-order valence-corrected chi connectivity index (χ3v) is 4.64. The van der Waals surface area contributed by atoms with E-state index >= 15 is 0 Å². The number of hydrogen-bond acceptors (Lipinski definition) is 3. The summed E-state index contributed by atoms with van der Waals surface area (Å²) in [4.78, 5) is 4.15. The van der Waals surface area contributed by atoms with Crippen LogP contribution in [0.25, 0.3) is 0 Å². The number of rotatable bonds is 9. The van der Waals surface area contributed by atoms with Crippen molar-refractivity contribution >= 4 is 16.8 Å². The van der Waals surface area contributed by atoms with Gasteiger partial charge in [-0.3, -0.25) is 9.20 Å². The molecule has 0 saturated carbocycles. The van der Waals surface area contributed by atoms with Gasteiger partial charge in [-0.2, -0.15) is 0 Å². The summed E-state index contributed by atoms with van der Waals surface area (Å²) in [5, 5.41) is 6.43. The third-order valence-electron chi connectivity index (χ3n) is 2.70. The molecule has 0 aromatic heterocycles. The molecule has 0 heterocycles. The van der Waals surface area contributed by atoms with Gasteiger partial charge < -0.3 is 15.4 Å². The van der Waals surface area contributed by atoms with Crippen LogP contribution in [0.2, 0.25) is 0 Å². The highest BCUT2D eigenvalue weighted by Crippen LogP contribution is 2.10. The SMILES string of the molecule is CCOCCCCNC(=NC)NCCS(=O)C(C)(C)C. The fraction of sp³-hybridized carbons (Fsp3) is 0.929. The molecule has 20 heavy (non-hydrogen) atoms. The number of unbranched alkanes of at least 4 members (excludes halogenated alkanes) is 1. The summed E-state index contributed by atoms with van der Waals surface area (Å²) in [6, 6.07) is 0. The van der Waals surface area contributed by atoms with E-state index in [4.69, 9.17) is 4.74 Å². The Morgan fingerprint density at radius 1 is 1.20 bits per heavy atom. The lowest BCUT2D eigenvalue weighted by Crippen LogP contribution is -2.40. The van der Waals surface area contributed by atoms with Crippen molar-refractivity contribution in [2.24, 2.45) is 4.99 Å². The Balaban J connectivity index is 3.71. The van der Waals surface area contributed by atoms with Crippen LogP contribution < -0.4 is 10.6 Å². The number of nitrogens with one attached hydrogen (secondary N) is 2. The lowest BCUT2D eigenvalue weighted by atomic mass is 10.3. The summed E-state index contributed by atoms with van der Waals surface area (Å²) in [7, 11) is 0.918. The van der Waals surface area contributed by atoms with E-state index in [-0.39, 0.29) is 4.75 Å². The number of ether oxygens (including phenoxy) is 1. The normalized spacial score (nSPS) is 14.2. The molecular formula is C14H31N3O2S. The Bertz CT molecular complexity index is 301. The van der Waals surface area contributed by atoms with Crippen LogP contribution in [-0.2, 0) is 15.5 Å². The lowest BCUT2D eigenvalue weighted by molar-refractivity contribution is 0.143. The summed E-state index contributed by atoms with van der Waals surface area (Å²) >= 11 is 0. The van der Waals surface area contributed by atoms with Gasteiger partial charge in [0.1, 0.15) is 0 Å². The van der Waals surface area contributed by atoms with Gasteiger partial charge >= 0.3 is 0 Å². The highest BCUT2D eigenvalue weighted by molar-refractivity contribution is 7.86. The van der Waals surface area contributed by atoms with Crippen LogP contribution in [0.15, 0.2) is 4.99 Å². The maximum absolute atomic E-state index is 11.9. The number of guanidine groups is 1. The predicted octanol–water partition coefficient (Wildman–Crippen LogP) is 1.52. The molecule has 0 saturated heterocycles. The van der Waals surface area contributed by atoms with Gasteiger partial charge in [0.15, 0.2) is 5.96 Å². The second-order valence-corrected chi connectivity index (χ2v) is 7.82. The van der Waals surface area contributed by atoms with Crippen LogP contribution in [-0.4, -0.2) is 54.0 Å². The predicted molar refractivity (Wildman–Crippen MR) is 87.9 cm³/mol. The summed E-state index contributed by atoms with van der Waals surface area (Å²) < 4.78 is 17.0. The van der Waals surface area contributed by atoms with E-state index < -0.39 is 10.8 Å². The minimum absolute atomic E-state index is 0.155. The van der Waals surface area contributed by atoms with Crippen molar-refractivity contribution in [3.05, 3.63) is 0 Å². The molecule has 0 aliphatic carbocycles. The van der Waals surface area contributed by atoms with Crippen LogP contribution in [0.1, 0.15) is 40.5 Å². The molecule has 0 fully saturated rings. The summed E-state index contributed by atoms with van der Waals surface area (Å²) in [6.45, 7) is 11.1. The largest absolute Gasteiger partial charge is 0.382 e. The quantitative estimate of drug-likeness (QED) is 0.385. The van der Waals surface area contributed by atoms with Gasteiger partial charge in [0.25, 0.3) is 0 Å². The molecule has 0 aromatic rings. The first-order valence-electron chi connectivity index (χ1n) is 7.32. The van der Waals surface area contributed by atoms with Gasteiger partial charge in [0, 0.05) is 54.7 Å². The monoisotopic (exact) mass is 305 g/mol. The van der Waals surface area contributed by atoms with E-state index in [2.05, 4.69) is 15.6 Å². The van der Waals surface area contributed by atoms with Crippen molar-refractivity contribution in [2.45, 2.75) is 45.3 Å². The first-order chi connectivity index (χ1) is 9.41. The molecule has 0 radical (unpaired) electrons. The number of hydrogen-bond donors (Lipinski definition) is 2. The summed E-state index contributed by atoms with van der Waals surface area (Å²) in [5.74, 6) is 1.40. The Labute approximate surface area is 126 Å². The standard InChI is InChI=1S/C14H31N3O2S/c1-6-19-11-8-7-9-16-13(15-5)17-10-12-20(18)14(2,3)4/h6-12H2,1-5H3,(H2,15,16,17). The molecule has 0 amide bonds. The summed E-state index contributed by atoms with van der Waals surface area (Å²) in [6.07, 6.45) is 2.10. The van der Waals surface area contributed by atoms with Crippen molar-refractivity contribution in [1.29, 1.82) is 0 Å². The van der Waals surface area contributed by atoms with Crippen molar-refractivity contribution in [2.75, 3.05) is 39.1 Å². The van der Waals surface area contributed by atoms with Crippen LogP contribution in [0, 0.1) is 0 Å². The first-order valence-corrected chi connectivity index (χ1v) is 8.64. The van der Waals surface area contributed by atoms with Gasteiger partial charge in [-0.15, -0.1) is 0 Å². The van der Waals surface area contributed by atoms with E-state index in [0.717, 1.165) is 38.6 Å². The maximum Gasteiger partial charge on any atom is 0.191 e. The van der Waals surface area contributed by atoms with Crippen LogP contribution in [0.5, 0.6) is 0 Å². The molecule has 0 spiro atoms. The van der Waals surface area contributed by atoms with Crippen LogP contribution in [0.4, 0.5) is 0 Å². The van der Waals surface area contributed by atoms with Crippen LogP contribution in [0.3, 0.4) is 0 Å². The Hall–Kier alpha value is -0.620. The number of aliphatic imine (C=N–C) groups is 1. The smallest absolute Gasteiger partial charge is 0.191 e. The van der Waals surface area contributed by atoms with E-state index in [1.54, 1.807) is 7.05 Å². The second-order valence-electron chi connectivity index (χ2n) is 5.49. The molecule has 120 valence electrons. The molecule has 0 rings (SSSR count). The van der Waals surface area contributed by atoms with Crippen molar-refractivity contribution in [3.63, 3.8) is 0 Å². The zero-order valence-electron chi connectivity index (χ0n) is 13.6. The zero-order valence-corrected chi connectivity index (χ0v) is 14.4. The highest BCUT2D eigenvalue weighted by Gasteiger charge is 2.18.